The Labute approximate surface area is 144 Å². The Kier molecular flexibility index (Phi) is 3.48. The molecule has 2 aromatic carbocycles. The molecule has 2 heterocycles. The van der Waals surface area contributed by atoms with Crippen molar-refractivity contribution in [3.63, 3.8) is 0 Å². The zero-order chi connectivity index (χ0) is 16.0. The van der Waals surface area contributed by atoms with Crippen LogP contribution in [0.1, 0.15) is 15.9 Å². The van der Waals surface area contributed by atoms with Crippen LogP contribution in [-0.2, 0) is 0 Å². The quantitative estimate of drug-likeness (QED) is 0.570. The minimum absolute atomic E-state index is 0.229. The van der Waals surface area contributed by atoms with Gasteiger partial charge in [0.05, 0.1) is 27.0 Å². The lowest BCUT2D eigenvalue weighted by molar-refractivity contribution is 0.102. The second-order valence-electron chi connectivity index (χ2n) is 4.98. The summed E-state index contributed by atoms with van der Waals surface area (Å²) in [5.41, 5.74) is 3.86. The smallest absolute Gasteiger partial charge is 0.257 e. The molecule has 114 valence electrons. The van der Waals surface area contributed by atoms with Gasteiger partial charge in [-0.2, -0.15) is 8.75 Å². The SMILES string of the molecule is Cc1ccc(Cl)c2sc(NC(=O)c3ccc4nsnc4c3)nc12. The maximum Gasteiger partial charge on any atom is 0.257 e. The van der Waals surface area contributed by atoms with Gasteiger partial charge in [-0.15, -0.1) is 0 Å². The van der Waals surface area contributed by atoms with Gasteiger partial charge in [0.25, 0.3) is 5.91 Å². The Morgan fingerprint density at radius 1 is 1.17 bits per heavy atom. The van der Waals surface area contributed by atoms with E-state index >= 15 is 0 Å². The predicted molar refractivity (Wildman–Crippen MR) is 94.7 cm³/mol. The number of carbonyl (C=O) groups is 1. The number of rotatable bonds is 2. The zero-order valence-electron chi connectivity index (χ0n) is 11.8. The van der Waals surface area contributed by atoms with Gasteiger partial charge >= 0.3 is 0 Å². The fraction of sp³-hybridized carbons (Fsp3) is 0.0667. The van der Waals surface area contributed by atoms with E-state index in [9.17, 15) is 4.79 Å². The lowest BCUT2D eigenvalue weighted by Crippen LogP contribution is -2.11. The number of thiazole rings is 1. The predicted octanol–water partition coefficient (Wildman–Crippen LogP) is 4.52. The van der Waals surface area contributed by atoms with E-state index in [0.29, 0.717) is 21.2 Å². The molecule has 0 saturated heterocycles. The van der Waals surface area contributed by atoms with Crippen molar-refractivity contribution in [3.05, 3.63) is 46.5 Å². The number of hydrogen-bond acceptors (Lipinski definition) is 6. The Morgan fingerprint density at radius 2 is 2.00 bits per heavy atom. The molecule has 4 aromatic rings. The molecule has 0 unspecified atom stereocenters. The number of hydrogen-bond donors (Lipinski definition) is 1. The van der Waals surface area contributed by atoms with E-state index in [2.05, 4.69) is 19.0 Å². The first-order valence-electron chi connectivity index (χ1n) is 6.71. The lowest BCUT2D eigenvalue weighted by atomic mass is 10.2. The normalized spacial score (nSPS) is 11.2. The Morgan fingerprint density at radius 3 is 2.83 bits per heavy atom. The Hall–Kier alpha value is -2.09. The molecule has 23 heavy (non-hydrogen) atoms. The first-order valence-corrected chi connectivity index (χ1v) is 8.63. The second-order valence-corrected chi connectivity index (χ2v) is 6.92. The molecule has 0 spiro atoms. The molecule has 0 atom stereocenters. The van der Waals surface area contributed by atoms with Crippen molar-refractivity contribution in [1.29, 1.82) is 0 Å². The number of anilines is 1. The molecule has 0 saturated carbocycles. The van der Waals surface area contributed by atoms with Crippen LogP contribution in [0.2, 0.25) is 5.02 Å². The molecule has 2 aromatic heterocycles. The molecule has 0 aliphatic heterocycles. The van der Waals surface area contributed by atoms with Crippen molar-refractivity contribution in [1.82, 2.24) is 13.7 Å². The summed E-state index contributed by atoms with van der Waals surface area (Å²) >= 11 is 8.68. The summed E-state index contributed by atoms with van der Waals surface area (Å²) in [6.07, 6.45) is 0. The van der Waals surface area contributed by atoms with Gasteiger partial charge in [-0.3, -0.25) is 10.1 Å². The van der Waals surface area contributed by atoms with Crippen LogP contribution in [-0.4, -0.2) is 19.6 Å². The standard InChI is InChI=1S/C15H9ClN4OS2/c1-7-2-4-9(16)13-12(7)17-15(22-13)18-14(21)8-3-5-10-11(6-8)20-23-19-10/h2-6H,1H3,(H,17,18,21). The maximum atomic E-state index is 12.4. The van der Waals surface area contributed by atoms with Gasteiger partial charge in [0.2, 0.25) is 0 Å². The Bertz CT molecular complexity index is 1020. The van der Waals surface area contributed by atoms with E-state index < -0.39 is 0 Å². The third-order valence-corrected chi connectivity index (χ3v) is 5.42. The number of aromatic nitrogens is 3. The fourth-order valence-electron chi connectivity index (χ4n) is 2.25. The molecule has 0 aliphatic carbocycles. The van der Waals surface area contributed by atoms with Gasteiger partial charge in [-0.1, -0.05) is 29.0 Å². The van der Waals surface area contributed by atoms with Crippen LogP contribution < -0.4 is 5.32 Å². The number of halogens is 1. The van der Waals surface area contributed by atoms with E-state index in [1.54, 1.807) is 18.2 Å². The molecular formula is C15H9ClN4OS2. The van der Waals surface area contributed by atoms with Crippen molar-refractivity contribution < 1.29 is 4.79 Å². The molecule has 1 amide bonds. The van der Waals surface area contributed by atoms with Gasteiger partial charge in [0, 0.05) is 5.56 Å². The molecule has 0 radical (unpaired) electrons. The number of carbonyl (C=O) groups excluding carboxylic acids is 1. The minimum Gasteiger partial charge on any atom is -0.298 e. The van der Waals surface area contributed by atoms with Crippen molar-refractivity contribution >= 4 is 67.0 Å². The van der Waals surface area contributed by atoms with Gasteiger partial charge in [0.1, 0.15) is 11.0 Å². The topological polar surface area (TPSA) is 67.8 Å². The monoisotopic (exact) mass is 360 g/mol. The highest BCUT2D eigenvalue weighted by molar-refractivity contribution is 7.23. The summed E-state index contributed by atoms with van der Waals surface area (Å²) in [5.74, 6) is -0.229. The highest BCUT2D eigenvalue weighted by Gasteiger charge is 2.13. The average molecular weight is 361 g/mol. The zero-order valence-corrected chi connectivity index (χ0v) is 14.2. The van der Waals surface area contributed by atoms with Crippen molar-refractivity contribution in [2.45, 2.75) is 6.92 Å². The molecule has 0 fully saturated rings. The number of amides is 1. The van der Waals surface area contributed by atoms with Gasteiger partial charge in [-0.25, -0.2) is 4.98 Å². The maximum absolute atomic E-state index is 12.4. The lowest BCUT2D eigenvalue weighted by Gasteiger charge is -2.00. The molecular weight excluding hydrogens is 352 g/mol. The third kappa shape index (κ3) is 2.56. The number of nitrogens with zero attached hydrogens (tertiary/aromatic N) is 3. The number of nitrogens with one attached hydrogen (secondary N) is 1. The van der Waals surface area contributed by atoms with E-state index in [4.69, 9.17) is 11.6 Å². The van der Waals surface area contributed by atoms with Crippen LogP contribution in [0.25, 0.3) is 21.3 Å². The van der Waals surface area contributed by atoms with Gasteiger partial charge in [0.15, 0.2) is 5.13 Å². The molecule has 8 heteroatoms. The summed E-state index contributed by atoms with van der Waals surface area (Å²) in [6.45, 7) is 1.97. The summed E-state index contributed by atoms with van der Waals surface area (Å²) in [6, 6.07) is 8.99. The highest BCUT2D eigenvalue weighted by Crippen LogP contribution is 2.34. The fourth-order valence-corrected chi connectivity index (χ4v) is 3.98. The first kappa shape index (κ1) is 14.5. The van der Waals surface area contributed by atoms with Crippen LogP contribution in [0.4, 0.5) is 5.13 Å². The molecule has 5 nitrogen and oxygen atoms in total. The Balaban J connectivity index is 1.68. The third-order valence-electron chi connectivity index (χ3n) is 3.43. The van der Waals surface area contributed by atoms with Crippen LogP contribution in [0.5, 0.6) is 0 Å². The minimum atomic E-state index is -0.229. The summed E-state index contributed by atoms with van der Waals surface area (Å²) in [5, 5.41) is 3.99. The molecule has 1 N–H and O–H groups in total. The summed E-state index contributed by atoms with van der Waals surface area (Å²) in [4.78, 5) is 16.9. The number of aryl methyl sites for hydroxylation is 1. The average Bonchev–Trinajstić information content (AvgIpc) is 3.17. The van der Waals surface area contributed by atoms with E-state index in [1.807, 2.05) is 19.1 Å². The first-order chi connectivity index (χ1) is 11.1. The summed E-state index contributed by atoms with van der Waals surface area (Å²) < 4.78 is 9.15. The number of fused-ring (bicyclic) bond motifs is 2. The van der Waals surface area contributed by atoms with Crippen molar-refractivity contribution in [3.8, 4) is 0 Å². The van der Waals surface area contributed by atoms with E-state index in [-0.39, 0.29) is 5.91 Å². The van der Waals surface area contributed by atoms with Crippen LogP contribution >= 0.6 is 34.7 Å². The number of benzene rings is 2. The molecule has 0 bridgehead atoms. The van der Waals surface area contributed by atoms with Crippen molar-refractivity contribution in [2.75, 3.05) is 5.32 Å². The van der Waals surface area contributed by atoms with Crippen LogP contribution in [0.3, 0.4) is 0 Å². The summed E-state index contributed by atoms with van der Waals surface area (Å²) in [7, 11) is 0. The van der Waals surface area contributed by atoms with Crippen LogP contribution in [0.15, 0.2) is 30.3 Å². The molecule has 0 aliphatic rings. The van der Waals surface area contributed by atoms with E-state index in [1.165, 1.54) is 11.3 Å². The second kappa shape index (κ2) is 5.52. The van der Waals surface area contributed by atoms with Gasteiger partial charge in [-0.05, 0) is 36.8 Å². The molecule has 4 rings (SSSR count). The largest absolute Gasteiger partial charge is 0.298 e. The van der Waals surface area contributed by atoms with Crippen LogP contribution in [0, 0.1) is 6.92 Å². The van der Waals surface area contributed by atoms with E-state index in [0.717, 1.165) is 33.0 Å². The van der Waals surface area contributed by atoms with Crippen molar-refractivity contribution in [2.24, 2.45) is 0 Å². The highest BCUT2D eigenvalue weighted by atomic mass is 35.5. The van der Waals surface area contributed by atoms with Gasteiger partial charge < -0.3 is 0 Å².